The van der Waals surface area contributed by atoms with Crippen LogP contribution in [0.4, 0.5) is 4.79 Å². The molecule has 1 atom stereocenters. The van der Waals surface area contributed by atoms with Crippen LogP contribution in [-0.4, -0.2) is 54.1 Å². The number of benzene rings is 2. The third-order valence-electron chi connectivity index (χ3n) is 5.93. The van der Waals surface area contributed by atoms with Crippen LogP contribution < -0.4 is 15.4 Å². The van der Waals surface area contributed by atoms with Gasteiger partial charge >= 0.3 is 12.0 Å². The number of carbonyl (C=O) groups excluding carboxylic acids is 3. The Hall–Kier alpha value is -3.55. The number of urea groups is 1. The highest BCUT2D eigenvalue weighted by Crippen LogP contribution is 2.17. The fourth-order valence-corrected chi connectivity index (χ4v) is 4.05. The SMILES string of the molecule is CC(C)(C)OC(=O)C(Cc1ccc(OCc2ccccc2)cc1)NC(=O)CNC(=O)N1CCCCCC1. The second-order valence-electron chi connectivity index (χ2n) is 10.3. The Morgan fingerprint density at radius 2 is 1.54 bits per heavy atom. The van der Waals surface area contributed by atoms with E-state index in [0.717, 1.165) is 36.8 Å². The Bertz CT molecular complexity index is 1010. The topological polar surface area (TPSA) is 97.0 Å². The van der Waals surface area contributed by atoms with Gasteiger partial charge in [-0.25, -0.2) is 9.59 Å². The van der Waals surface area contributed by atoms with Crippen molar-refractivity contribution in [3.8, 4) is 5.75 Å². The Labute approximate surface area is 219 Å². The molecule has 2 N–H and O–H groups in total. The molecule has 1 fully saturated rings. The van der Waals surface area contributed by atoms with Crippen LogP contribution in [0.15, 0.2) is 54.6 Å². The summed E-state index contributed by atoms with van der Waals surface area (Å²) in [6, 6.07) is 16.2. The molecule has 1 unspecified atom stereocenters. The van der Waals surface area contributed by atoms with Crippen molar-refractivity contribution in [3.63, 3.8) is 0 Å². The summed E-state index contributed by atoms with van der Waals surface area (Å²) in [6.07, 6.45) is 4.41. The van der Waals surface area contributed by atoms with Gasteiger partial charge in [0.25, 0.3) is 0 Å². The Morgan fingerprint density at radius 1 is 0.892 bits per heavy atom. The van der Waals surface area contributed by atoms with E-state index in [-0.39, 0.29) is 19.0 Å². The molecule has 0 saturated carbocycles. The lowest BCUT2D eigenvalue weighted by Gasteiger charge is -2.25. The van der Waals surface area contributed by atoms with E-state index < -0.39 is 23.5 Å². The third kappa shape index (κ3) is 10.1. The molecule has 1 aliphatic heterocycles. The van der Waals surface area contributed by atoms with Crippen LogP contribution in [-0.2, 0) is 27.4 Å². The van der Waals surface area contributed by atoms with Gasteiger partial charge in [-0.15, -0.1) is 0 Å². The summed E-state index contributed by atoms with van der Waals surface area (Å²) in [5, 5.41) is 5.42. The minimum Gasteiger partial charge on any atom is -0.489 e. The summed E-state index contributed by atoms with van der Waals surface area (Å²) in [5.74, 6) is -0.257. The Balaban J connectivity index is 1.57. The standard InChI is InChI=1S/C29H39N3O5/c1-29(2,3)37-27(34)25(31-26(33)20-30-28(35)32-17-9-4-5-10-18-32)19-22-13-15-24(16-14-22)36-21-23-11-7-6-8-12-23/h6-8,11-16,25H,4-5,9-10,17-21H2,1-3H3,(H,30,35)(H,31,33). The van der Waals surface area contributed by atoms with Crippen molar-refractivity contribution >= 4 is 17.9 Å². The Kier molecular flexibility index (Phi) is 10.4. The summed E-state index contributed by atoms with van der Waals surface area (Å²) in [5.41, 5.74) is 1.22. The van der Waals surface area contributed by atoms with Gasteiger partial charge in [-0.1, -0.05) is 55.3 Å². The molecular formula is C29H39N3O5. The first-order valence-corrected chi connectivity index (χ1v) is 13.0. The fourth-order valence-electron chi connectivity index (χ4n) is 4.05. The molecule has 0 radical (unpaired) electrons. The van der Waals surface area contributed by atoms with Gasteiger partial charge < -0.3 is 25.0 Å². The lowest BCUT2D eigenvalue weighted by Crippen LogP contribution is -2.50. The number of hydrogen-bond donors (Lipinski definition) is 2. The van der Waals surface area contributed by atoms with Crippen LogP contribution in [0.3, 0.4) is 0 Å². The van der Waals surface area contributed by atoms with Crippen molar-refractivity contribution in [3.05, 3.63) is 65.7 Å². The van der Waals surface area contributed by atoms with E-state index in [4.69, 9.17) is 9.47 Å². The van der Waals surface area contributed by atoms with E-state index in [0.29, 0.717) is 25.4 Å². The number of rotatable bonds is 9. The average Bonchev–Trinajstić information content (AvgIpc) is 3.16. The summed E-state index contributed by atoms with van der Waals surface area (Å²) in [4.78, 5) is 39.8. The van der Waals surface area contributed by atoms with E-state index in [2.05, 4.69) is 10.6 Å². The van der Waals surface area contributed by atoms with Gasteiger partial charge in [0.15, 0.2) is 0 Å². The average molecular weight is 510 g/mol. The second-order valence-corrected chi connectivity index (χ2v) is 10.3. The molecule has 37 heavy (non-hydrogen) atoms. The smallest absolute Gasteiger partial charge is 0.329 e. The molecule has 3 amide bonds. The first kappa shape index (κ1) is 28.0. The van der Waals surface area contributed by atoms with Crippen molar-refractivity contribution in [2.75, 3.05) is 19.6 Å². The molecule has 0 aliphatic carbocycles. The van der Waals surface area contributed by atoms with Gasteiger partial charge in [-0.3, -0.25) is 4.79 Å². The minimum atomic E-state index is -0.891. The van der Waals surface area contributed by atoms with Gasteiger partial charge in [-0.05, 0) is 56.9 Å². The molecular weight excluding hydrogens is 470 g/mol. The predicted molar refractivity (Wildman–Crippen MR) is 142 cm³/mol. The Morgan fingerprint density at radius 3 is 2.16 bits per heavy atom. The normalized spacial score (nSPS) is 14.7. The fraction of sp³-hybridized carbons (Fsp3) is 0.483. The van der Waals surface area contributed by atoms with Gasteiger partial charge in [-0.2, -0.15) is 0 Å². The lowest BCUT2D eigenvalue weighted by molar-refractivity contribution is -0.158. The monoisotopic (exact) mass is 509 g/mol. The van der Waals surface area contributed by atoms with Crippen LogP contribution in [0.2, 0.25) is 0 Å². The maximum Gasteiger partial charge on any atom is 0.329 e. The highest BCUT2D eigenvalue weighted by atomic mass is 16.6. The van der Waals surface area contributed by atoms with Gasteiger partial charge in [0.1, 0.15) is 24.0 Å². The molecule has 1 aliphatic rings. The molecule has 2 aromatic carbocycles. The molecule has 200 valence electrons. The number of carbonyl (C=O) groups is 3. The van der Waals surface area contributed by atoms with Crippen LogP contribution in [0, 0.1) is 0 Å². The van der Waals surface area contributed by atoms with E-state index in [1.54, 1.807) is 25.7 Å². The number of nitrogens with zero attached hydrogens (tertiary/aromatic N) is 1. The molecule has 8 nitrogen and oxygen atoms in total. The lowest BCUT2D eigenvalue weighted by atomic mass is 10.1. The van der Waals surface area contributed by atoms with Crippen molar-refractivity contribution in [1.29, 1.82) is 0 Å². The van der Waals surface area contributed by atoms with Gasteiger partial charge in [0.05, 0.1) is 6.54 Å². The molecule has 8 heteroatoms. The van der Waals surface area contributed by atoms with Crippen molar-refractivity contribution < 1.29 is 23.9 Å². The molecule has 0 aromatic heterocycles. The number of likely N-dealkylation sites (tertiary alicyclic amines) is 1. The number of nitrogens with one attached hydrogen (secondary N) is 2. The maximum absolute atomic E-state index is 12.9. The van der Waals surface area contributed by atoms with E-state index >= 15 is 0 Å². The second kappa shape index (κ2) is 13.7. The van der Waals surface area contributed by atoms with Crippen molar-refractivity contribution in [2.45, 2.75) is 71.1 Å². The van der Waals surface area contributed by atoms with Gasteiger partial charge in [0, 0.05) is 19.5 Å². The van der Waals surface area contributed by atoms with Crippen molar-refractivity contribution in [2.24, 2.45) is 0 Å². The summed E-state index contributed by atoms with van der Waals surface area (Å²) >= 11 is 0. The maximum atomic E-state index is 12.9. The minimum absolute atomic E-state index is 0.207. The molecule has 3 rings (SSSR count). The van der Waals surface area contributed by atoms with E-state index in [9.17, 15) is 14.4 Å². The summed E-state index contributed by atoms with van der Waals surface area (Å²) < 4.78 is 11.4. The third-order valence-corrected chi connectivity index (χ3v) is 5.93. The van der Waals surface area contributed by atoms with Gasteiger partial charge in [0.2, 0.25) is 5.91 Å². The molecule has 0 bridgehead atoms. The zero-order chi connectivity index (χ0) is 26.7. The summed E-state index contributed by atoms with van der Waals surface area (Å²) in [6.45, 7) is 6.98. The van der Waals surface area contributed by atoms with Crippen molar-refractivity contribution in [1.82, 2.24) is 15.5 Å². The van der Waals surface area contributed by atoms with E-state index in [1.165, 1.54) is 0 Å². The summed E-state index contributed by atoms with van der Waals surface area (Å²) in [7, 11) is 0. The zero-order valence-electron chi connectivity index (χ0n) is 22.1. The van der Waals surface area contributed by atoms with E-state index in [1.807, 2.05) is 54.6 Å². The van der Waals surface area contributed by atoms with Crippen LogP contribution in [0.5, 0.6) is 5.75 Å². The number of esters is 1. The number of amides is 3. The molecule has 1 saturated heterocycles. The zero-order valence-corrected chi connectivity index (χ0v) is 22.1. The van der Waals surface area contributed by atoms with Crippen LogP contribution in [0.25, 0.3) is 0 Å². The van der Waals surface area contributed by atoms with Crippen LogP contribution in [0.1, 0.15) is 57.6 Å². The quantitative estimate of drug-likeness (QED) is 0.494. The first-order chi connectivity index (χ1) is 17.7. The molecule has 2 aromatic rings. The van der Waals surface area contributed by atoms with Crippen LogP contribution >= 0.6 is 0 Å². The highest BCUT2D eigenvalue weighted by molar-refractivity contribution is 5.88. The number of ether oxygens (including phenoxy) is 2. The number of hydrogen-bond acceptors (Lipinski definition) is 5. The molecule has 1 heterocycles. The first-order valence-electron chi connectivity index (χ1n) is 13.0. The molecule has 0 spiro atoms. The predicted octanol–water partition coefficient (Wildman–Crippen LogP) is 4.22. The highest BCUT2D eigenvalue weighted by Gasteiger charge is 2.27. The largest absolute Gasteiger partial charge is 0.489 e.